The van der Waals surface area contributed by atoms with E-state index in [0.717, 1.165) is 0 Å². The van der Waals surface area contributed by atoms with Crippen LogP contribution in [0.25, 0.3) is 0 Å². The van der Waals surface area contributed by atoms with Crippen LogP contribution in [0.1, 0.15) is 6.42 Å². The van der Waals surface area contributed by atoms with Gasteiger partial charge in [0.25, 0.3) is 5.97 Å². The van der Waals surface area contributed by atoms with Gasteiger partial charge in [-0.2, -0.15) is 0 Å². The fourth-order valence-corrected chi connectivity index (χ4v) is 0.209. The van der Waals surface area contributed by atoms with Crippen molar-refractivity contribution < 1.29 is 20.1 Å². The van der Waals surface area contributed by atoms with Crippen LogP contribution in [0.5, 0.6) is 0 Å². The highest BCUT2D eigenvalue weighted by Gasteiger charge is 2.16. The third kappa shape index (κ3) is 5.84. The number of hydrogen-bond donors (Lipinski definition) is 3. The van der Waals surface area contributed by atoms with Crippen molar-refractivity contribution in [3.63, 3.8) is 0 Å². The summed E-state index contributed by atoms with van der Waals surface area (Å²) in [7, 11) is 2.96. The van der Waals surface area contributed by atoms with E-state index in [1.165, 1.54) is 0 Å². The molecule has 0 saturated heterocycles. The van der Waals surface area contributed by atoms with Crippen molar-refractivity contribution in [2.75, 3.05) is 6.61 Å². The Morgan fingerprint density at radius 3 is 2.00 bits per heavy atom. The second kappa shape index (κ2) is 2.99. The first kappa shape index (κ1) is 7.84. The highest BCUT2D eigenvalue weighted by molar-refractivity contribution is 4.44. The Kier molecular flexibility index (Phi) is 2.93. The van der Waals surface area contributed by atoms with Crippen molar-refractivity contribution in [2.45, 2.75) is 12.4 Å². The molecule has 0 bridgehead atoms. The molecule has 0 atom stereocenters. The lowest BCUT2D eigenvalue weighted by Gasteiger charge is -2.11. The first-order valence-electron chi connectivity index (χ1n) is 2.10. The van der Waals surface area contributed by atoms with Crippen LogP contribution >= 0.6 is 0 Å². The SMILES string of the molecule is [CH2]OCCC(O)(O)O. The Hall–Kier alpha value is -0.160. The van der Waals surface area contributed by atoms with E-state index in [-0.39, 0.29) is 13.0 Å². The summed E-state index contributed by atoms with van der Waals surface area (Å²) in [4.78, 5) is 0. The van der Waals surface area contributed by atoms with Crippen LogP contribution in [0, 0.1) is 7.11 Å². The highest BCUT2D eigenvalue weighted by atomic mass is 16.7. The third-order valence-corrected chi connectivity index (χ3v) is 0.582. The average molecular weight is 121 g/mol. The number of aliphatic hydroxyl groups is 3. The Morgan fingerprint density at radius 2 is 1.88 bits per heavy atom. The first-order chi connectivity index (χ1) is 3.56. The fraction of sp³-hybridized carbons (Fsp3) is 0.750. The van der Waals surface area contributed by atoms with Gasteiger partial charge in [0.15, 0.2) is 0 Å². The summed E-state index contributed by atoms with van der Waals surface area (Å²) in [5, 5.41) is 24.5. The molecule has 0 spiro atoms. The van der Waals surface area contributed by atoms with Gasteiger partial charge in [-0.05, 0) is 0 Å². The fourth-order valence-electron chi connectivity index (χ4n) is 0.209. The number of ether oxygens (including phenoxy) is 1. The molecule has 4 heteroatoms. The number of rotatable bonds is 3. The van der Waals surface area contributed by atoms with Crippen molar-refractivity contribution in [1.29, 1.82) is 0 Å². The van der Waals surface area contributed by atoms with Crippen LogP contribution < -0.4 is 0 Å². The second-order valence-electron chi connectivity index (χ2n) is 1.43. The molecule has 49 valence electrons. The van der Waals surface area contributed by atoms with E-state index in [2.05, 4.69) is 11.8 Å². The van der Waals surface area contributed by atoms with Crippen molar-refractivity contribution in [3.05, 3.63) is 7.11 Å². The molecule has 4 nitrogen and oxygen atoms in total. The Balaban J connectivity index is 3.11. The van der Waals surface area contributed by atoms with Crippen LogP contribution in [0.2, 0.25) is 0 Å². The molecule has 3 N–H and O–H groups in total. The van der Waals surface area contributed by atoms with E-state index in [9.17, 15) is 0 Å². The maximum absolute atomic E-state index is 8.15. The van der Waals surface area contributed by atoms with Gasteiger partial charge in [0.05, 0.1) is 20.1 Å². The Morgan fingerprint density at radius 1 is 1.38 bits per heavy atom. The quantitative estimate of drug-likeness (QED) is 0.411. The third-order valence-electron chi connectivity index (χ3n) is 0.582. The zero-order valence-corrected chi connectivity index (χ0v) is 4.37. The van der Waals surface area contributed by atoms with Crippen molar-refractivity contribution in [1.82, 2.24) is 0 Å². The molecule has 8 heavy (non-hydrogen) atoms. The molecule has 1 radical (unpaired) electrons. The summed E-state index contributed by atoms with van der Waals surface area (Å²) in [6.07, 6.45) is -0.253. The van der Waals surface area contributed by atoms with Crippen LogP contribution in [-0.4, -0.2) is 27.9 Å². The summed E-state index contributed by atoms with van der Waals surface area (Å²) in [6, 6.07) is 0. The summed E-state index contributed by atoms with van der Waals surface area (Å²) in [6.45, 7) is 0.0174. The van der Waals surface area contributed by atoms with Gasteiger partial charge in [0.1, 0.15) is 0 Å². The van der Waals surface area contributed by atoms with Crippen LogP contribution in [0.3, 0.4) is 0 Å². The van der Waals surface area contributed by atoms with Crippen molar-refractivity contribution in [2.24, 2.45) is 0 Å². The lowest BCUT2D eigenvalue weighted by atomic mass is 10.4. The smallest absolute Gasteiger partial charge is 0.277 e. The number of hydrogen-bond acceptors (Lipinski definition) is 4. The van der Waals surface area contributed by atoms with E-state index >= 15 is 0 Å². The molecule has 0 aromatic rings. The van der Waals surface area contributed by atoms with Gasteiger partial charge in [-0.1, -0.05) is 0 Å². The predicted molar refractivity (Wildman–Crippen MR) is 25.3 cm³/mol. The molecule has 0 aromatic carbocycles. The highest BCUT2D eigenvalue weighted by Crippen LogP contribution is 1.98. The molecule has 0 aliphatic carbocycles. The van der Waals surface area contributed by atoms with E-state index in [1.807, 2.05) is 0 Å². The first-order valence-corrected chi connectivity index (χ1v) is 2.10. The maximum atomic E-state index is 8.15. The van der Waals surface area contributed by atoms with Gasteiger partial charge in [-0.3, -0.25) is 0 Å². The maximum Gasteiger partial charge on any atom is 0.277 e. The predicted octanol–water partition coefficient (Wildman–Crippen LogP) is -1.18. The minimum atomic E-state index is -2.61. The van der Waals surface area contributed by atoms with E-state index in [1.54, 1.807) is 0 Å². The molecule has 0 rings (SSSR count). The van der Waals surface area contributed by atoms with E-state index in [0.29, 0.717) is 0 Å². The van der Waals surface area contributed by atoms with Gasteiger partial charge in [0.2, 0.25) is 0 Å². The second-order valence-corrected chi connectivity index (χ2v) is 1.43. The van der Waals surface area contributed by atoms with Gasteiger partial charge >= 0.3 is 0 Å². The Labute approximate surface area is 47.3 Å². The largest absolute Gasteiger partial charge is 0.379 e. The minimum absolute atomic E-state index is 0.0174. The van der Waals surface area contributed by atoms with Crippen LogP contribution in [0.4, 0.5) is 0 Å². The molecular formula is C4H9O4. The summed E-state index contributed by atoms with van der Waals surface area (Å²) >= 11 is 0. The molecule has 0 saturated carbocycles. The summed E-state index contributed by atoms with van der Waals surface area (Å²) < 4.78 is 4.19. The van der Waals surface area contributed by atoms with E-state index in [4.69, 9.17) is 15.3 Å². The molecule has 0 unspecified atom stereocenters. The molecular weight excluding hydrogens is 112 g/mol. The van der Waals surface area contributed by atoms with Gasteiger partial charge in [-0.25, -0.2) is 0 Å². The van der Waals surface area contributed by atoms with Crippen molar-refractivity contribution >= 4 is 0 Å². The minimum Gasteiger partial charge on any atom is -0.379 e. The van der Waals surface area contributed by atoms with Crippen LogP contribution in [-0.2, 0) is 4.74 Å². The molecule has 0 aromatic heterocycles. The lowest BCUT2D eigenvalue weighted by Crippen LogP contribution is -2.28. The normalized spacial score (nSPS) is 12.0. The van der Waals surface area contributed by atoms with Crippen molar-refractivity contribution in [3.8, 4) is 0 Å². The van der Waals surface area contributed by atoms with Gasteiger partial charge in [0, 0.05) is 0 Å². The molecule has 0 aliphatic heterocycles. The average Bonchev–Trinajstić information content (AvgIpc) is 1.59. The van der Waals surface area contributed by atoms with Crippen LogP contribution in [0.15, 0.2) is 0 Å². The summed E-state index contributed by atoms with van der Waals surface area (Å²) in [5.41, 5.74) is 0. The Bertz CT molecular complexity index is 55.5. The summed E-state index contributed by atoms with van der Waals surface area (Å²) in [5.74, 6) is -2.61. The topological polar surface area (TPSA) is 69.9 Å². The molecule has 0 amide bonds. The lowest BCUT2D eigenvalue weighted by molar-refractivity contribution is -0.317. The molecule has 0 fully saturated rings. The standard InChI is InChI=1S/C4H9O4/c1-8-3-2-4(5,6)7/h5-7H,1-3H2. The molecule has 0 aliphatic rings. The zero-order valence-electron chi connectivity index (χ0n) is 4.37. The zero-order chi connectivity index (χ0) is 6.62. The van der Waals surface area contributed by atoms with Gasteiger partial charge in [-0.15, -0.1) is 0 Å². The monoisotopic (exact) mass is 121 g/mol. The van der Waals surface area contributed by atoms with Gasteiger partial charge < -0.3 is 20.1 Å². The molecule has 0 heterocycles. The van der Waals surface area contributed by atoms with E-state index < -0.39 is 5.97 Å².